The summed E-state index contributed by atoms with van der Waals surface area (Å²) in [5.41, 5.74) is 1.28. The molecule has 0 aliphatic carbocycles. The van der Waals surface area contributed by atoms with Gasteiger partial charge in [-0.2, -0.15) is 0 Å². The topological polar surface area (TPSA) is 58.1 Å². The second-order valence-electron chi connectivity index (χ2n) is 8.09. The predicted molar refractivity (Wildman–Crippen MR) is 116 cm³/mol. The molecular formula is C22H38N4O2. The van der Waals surface area contributed by atoms with Crippen molar-refractivity contribution >= 4 is 5.96 Å². The van der Waals surface area contributed by atoms with Crippen molar-refractivity contribution in [1.82, 2.24) is 15.5 Å². The molecule has 158 valence electrons. The van der Waals surface area contributed by atoms with Crippen molar-refractivity contribution in [3.8, 4) is 5.75 Å². The Hall–Kier alpha value is -1.79. The van der Waals surface area contributed by atoms with Gasteiger partial charge in [-0.1, -0.05) is 26.0 Å². The smallest absolute Gasteiger partial charge is 0.191 e. The van der Waals surface area contributed by atoms with Gasteiger partial charge in [0.2, 0.25) is 0 Å². The number of aliphatic imine (C=N–C) groups is 1. The molecule has 6 nitrogen and oxygen atoms in total. The third kappa shape index (κ3) is 8.48. The van der Waals surface area contributed by atoms with Gasteiger partial charge in [-0.3, -0.25) is 9.89 Å². The fourth-order valence-corrected chi connectivity index (χ4v) is 3.35. The van der Waals surface area contributed by atoms with Crippen LogP contribution < -0.4 is 15.4 Å². The summed E-state index contributed by atoms with van der Waals surface area (Å²) in [7, 11) is 1.81. The highest BCUT2D eigenvalue weighted by Gasteiger charge is 2.21. The van der Waals surface area contributed by atoms with Crippen LogP contribution in [0.2, 0.25) is 0 Å². The van der Waals surface area contributed by atoms with Gasteiger partial charge >= 0.3 is 0 Å². The summed E-state index contributed by atoms with van der Waals surface area (Å²) in [5, 5.41) is 6.78. The monoisotopic (exact) mass is 390 g/mol. The maximum absolute atomic E-state index is 5.90. The molecule has 1 atom stereocenters. The number of benzene rings is 1. The van der Waals surface area contributed by atoms with Crippen molar-refractivity contribution in [3.63, 3.8) is 0 Å². The number of morpholine rings is 1. The number of rotatable bonds is 9. The van der Waals surface area contributed by atoms with E-state index < -0.39 is 0 Å². The molecule has 1 aromatic carbocycles. The van der Waals surface area contributed by atoms with E-state index in [0.29, 0.717) is 5.92 Å². The molecule has 1 unspecified atom stereocenters. The predicted octanol–water partition coefficient (Wildman–Crippen LogP) is 2.54. The summed E-state index contributed by atoms with van der Waals surface area (Å²) < 4.78 is 11.6. The van der Waals surface area contributed by atoms with E-state index in [1.807, 2.05) is 26.0 Å². The SMILES string of the molecule is CN=C(NCCc1ccc(OC(C)C)cc1)NCC1CN(CC(C)C)CCO1. The van der Waals surface area contributed by atoms with Gasteiger partial charge < -0.3 is 20.1 Å². The van der Waals surface area contributed by atoms with Crippen LogP contribution >= 0.6 is 0 Å². The molecule has 2 N–H and O–H groups in total. The zero-order valence-electron chi connectivity index (χ0n) is 18.2. The molecule has 6 heteroatoms. The summed E-state index contributed by atoms with van der Waals surface area (Å²) in [6, 6.07) is 8.31. The van der Waals surface area contributed by atoms with Crippen LogP contribution in [-0.4, -0.2) is 69.4 Å². The van der Waals surface area contributed by atoms with Crippen LogP contribution in [0.25, 0.3) is 0 Å². The molecule has 0 aromatic heterocycles. The Morgan fingerprint density at radius 1 is 1.21 bits per heavy atom. The fourth-order valence-electron chi connectivity index (χ4n) is 3.35. The van der Waals surface area contributed by atoms with Crippen LogP contribution in [-0.2, 0) is 11.2 Å². The minimum atomic E-state index is 0.201. The average Bonchev–Trinajstić information content (AvgIpc) is 2.65. The Kier molecular flexibility index (Phi) is 9.58. The normalized spacial score (nSPS) is 18.5. The van der Waals surface area contributed by atoms with Gasteiger partial charge in [0, 0.05) is 39.8 Å². The lowest BCUT2D eigenvalue weighted by Crippen LogP contribution is -2.50. The molecule has 1 fully saturated rings. The number of hydrogen-bond donors (Lipinski definition) is 2. The first-order valence-corrected chi connectivity index (χ1v) is 10.5. The zero-order chi connectivity index (χ0) is 20.4. The van der Waals surface area contributed by atoms with Crippen molar-refractivity contribution in [2.45, 2.75) is 46.3 Å². The zero-order valence-corrected chi connectivity index (χ0v) is 18.2. The fraction of sp³-hybridized carbons (Fsp3) is 0.682. The van der Waals surface area contributed by atoms with Gasteiger partial charge in [-0.15, -0.1) is 0 Å². The van der Waals surface area contributed by atoms with Gasteiger partial charge in [0.15, 0.2) is 5.96 Å². The van der Waals surface area contributed by atoms with Crippen LogP contribution in [0.1, 0.15) is 33.3 Å². The van der Waals surface area contributed by atoms with Crippen molar-refractivity contribution in [3.05, 3.63) is 29.8 Å². The molecule has 0 amide bonds. The van der Waals surface area contributed by atoms with Crippen LogP contribution in [0.3, 0.4) is 0 Å². The lowest BCUT2D eigenvalue weighted by atomic mass is 10.1. The molecule has 1 heterocycles. The Bertz CT molecular complexity index is 587. The first-order chi connectivity index (χ1) is 13.5. The number of guanidine groups is 1. The molecule has 0 saturated carbocycles. The van der Waals surface area contributed by atoms with Gasteiger partial charge in [-0.05, 0) is 43.9 Å². The second-order valence-corrected chi connectivity index (χ2v) is 8.09. The quantitative estimate of drug-likeness (QED) is 0.501. The minimum Gasteiger partial charge on any atom is -0.491 e. The van der Waals surface area contributed by atoms with Crippen LogP contribution in [0.4, 0.5) is 0 Å². The Balaban J connectivity index is 1.68. The lowest BCUT2D eigenvalue weighted by Gasteiger charge is -2.34. The minimum absolute atomic E-state index is 0.201. The highest BCUT2D eigenvalue weighted by atomic mass is 16.5. The summed E-state index contributed by atoms with van der Waals surface area (Å²) >= 11 is 0. The molecule has 0 spiro atoms. The maximum Gasteiger partial charge on any atom is 0.191 e. The highest BCUT2D eigenvalue weighted by molar-refractivity contribution is 5.79. The van der Waals surface area contributed by atoms with E-state index >= 15 is 0 Å². The maximum atomic E-state index is 5.90. The van der Waals surface area contributed by atoms with E-state index in [2.05, 4.69) is 46.5 Å². The molecule has 0 bridgehead atoms. The first kappa shape index (κ1) is 22.5. The number of nitrogens with one attached hydrogen (secondary N) is 2. The number of ether oxygens (including phenoxy) is 2. The Morgan fingerprint density at radius 3 is 2.61 bits per heavy atom. The van der Waals surface area contributed by atoms with Crippen molar-refractivity contribution in [2.24, 2.45) is 10.9 Å². The van der Waals surface area contributed by atoms with Crippen molar-refractivity contribution in [2.75, 3.05) is 46.4 Å². The first-order valence-electron chi connectivity index (χ1n) is 10.5. The molecule has 0 radical (unpaired) electrons. The van der Waals surface area contributed by atoms with Gasteiger partial charge in [-0.25, -0.2) is 0 Å². The van der Waals surface area contributed by atoms with Crippen LogP contribution in [0.15, 0.2) is 29.3 Å². The molecule has 1 saturated heterocycles. The highest BCUT2D eigenvalue weighted by Crippen LogP contribution is 2.14. The van der Waals surface area contributed by atoms with Crippen LogP contribution in [0.5, 0.6) is 5.75 Å². The molecular weight excluding hydrogens is 352 g/mol. The second kappa shape index (κ2) is 11.9. The largest absolute Gasteiger partial charge is 0.491 e. The van der Waals surface area contributed by atoms with E-state index in [-0.39, 0.29) is 12.2 Å². The number of nitrogens with zero attached hydrogens (tertiary/aromatic N) is 2. The lowest BCUT2D eigenvalue weighted by molar-refractivity contribution is -0.0284. The third-order valence-electron chi connectivity index (χ3n) is 4.57. The molecule has 1 aromatic rings. The summed E-state index contributed by atoms with van der Waals surface area (Å²) in [6.07, 6.45) is 1.34. The Labute approximate surface area is 170 Å². The number of hydrogen-bond acceptors (Lipinski definition) is 4. The van der Waals surface area contributed by atoms with E-state index in [9.17, 15) is 0 Å². The summed E-state index contributed by atoms with van der Waals surface area (Å²) in [4.78, 5) is 6.81. The summed E-state index contributed by atoms with van der Waals surface area (Å²) in [5.74, 6) is 2.43. The standard InChI is InChI=1S/C22H38N4O2/c1-17(2)15-26-12-13-27-21(16-26)14-25-22(23-5)24-11-10-19-6-8-20(9-7-19)28-18(3)4/h6-9,17-18,21H,10-16H2,1-5H3,(H2,23,24,25). The Morgan fingerprint density at radius 2 is 1.96 bits per heavy atom. The average molecular weight is 391 g/mol. The van der Waals surface area contributed by atoms with Gasteiger partial charge in [0.25, 0.3) is 0 Å². The summed E-state index contributed by atoms with van der Waals surface area (Å²) in [6.45, 7) is 14.2. The van der Waals surface area contributed by atoms with Gasteiger partial charge in [0.05, 0.1) is 18.8 Å². The van der Waals surface area contributed by atoms with Crippen molar-refractivity contribution in [1.29, 1.82) is 0 Å². The molecule has 2 rings (SSSR count). The van der Waals surface area contributed by atoms with E-state index in [1.165, 1.54) is 5.56 Å². The third-order valence-corrected chi connectivity index (χ3v) is 4.57. The van der Waals surface area contributed by atoms with Crippen molar-refractivity contribution < 1.29 is 9.47 Å². The molecule has 1 aliphatic heterocycles. The molecule has 28 heavy (non-hydrogen) atoms. The van der Waals surface area contributed by atoms with Gasteiger partial charge in [0.1, 0.15) is 5.75 Å². The van der Waals surface area contributed by atoms with Crippen LogP contribution in [0, 0.1) is 5.92 Å². The van der Waals surface area contributed by atoms with E-state index in [1.54, 1.807) is 7.05 Å². The van der Waals surface area contributed by atoms with E-state index in [0.717, 1.165) is 57.5 Å². The van der Waals surface area contributed by atoms with E-state index in [4.69, 9.17) is 9.47 Å². The molecule has 1 aliphatic rings.